The Morgan fingerprint density at radius 3 is 2.29 bits per heavy atom. The van der Waals surface area contributed by atoms with Crippen LogP contribution in [0.25, 0.3) is 0 Å². The summed E-state index contributed by atoms with van der Waals surface area (Å²) in [5.41, 5.74) is 3.18. The Bertz CT molecular complexity index is 1030. The minimum absolute atomic E-state index is 0.213. The average molecular weight is 500 g/mol. The van der Waals surface area contributed by atoms with Gasteiger partial charge < -0.3 is 20.1 Å². The van der Waals surface area contributed by atoms with Gasteiger partial charge in [0, 0.05) is 29.7 Å². The van der Waals surface area contributed by atoms with Crippen molar-refractivity contribution in [3.63, 3.8) is 0 Å². The van der Waals surface area contributed by atoms with Crippen molar-refractivity contribution < 1.29 is 14.3 Å². The summed E-state index contributed by atoms with van der Waals surface area (Å²) in [5.74, 6) is 0.322. The zero-order valence-corrected chi connectivity index (χ0v) is 19.3. The van der Waals surface area contributed by atoms with Gasteiger partial charge in [-0.15, -0.1) is 0 Å². The number of amides is 1. The van der Waals surface area contributed by atoms with Crippen LogP contribution in [-0.4, -0.2) is 31.3 Å². The zero-order chi connectivity index (χ0) is 22.1. The second-order valence-electron chi connectivity index (χ2n) is 6.46. The molecule has 0 unspecified atom stereocenters. The van der Waals surface area contributed by atoms with Crippen molar-refractivity contribution in [3.05, 3.63) is 82.8 Å². The maximum Gasteiger partial charge on any atom is 0.257 e. The maximum absolute atomic E-state index is 12.5. The lowest BCUT2D eigenvalue weighted by Gasteiger charge is -2.12. The molecule has 0 saturated carbocycles. The topological polar surface area (TPSA) is 71.6 Å². The second kappa shape index (κ2) is 11.5. The lowest BCUT2D eigenvalue weighted by Crippen LogP contribution is -2.34. The lowest BCUT2D eigenvalue weighted by molar-refractivity contribution is 0.0977. The van der Waals surface area contributed by atoms with Crippen LogP contribution in [0.15, 0.2) is 77.3 Å². The standard InChI is InChI=1S/C23H22BrN3O3S/c1-29-13-14-30-21-12-7-16(15-20(21)24)22(28)27-23(31)26-19-10-8-18(9-11-19)25-17-5-3-2-4-6-17/h2-12,15,25H,13-14H2,1H3,(H2,26,27,28,31). The number of thiocarbonyl (C=S) groups is 1. The number of nitrogens with one attached hydrogen (secondary N) is 3. The van der Waals surface area contributed by atoms with Gasteiger partial charge in [-0.2, -0.15) is 0 Å². The van der Waals surface area contributed by atoms with E-state index in [0.717, 1.165) is 17.1 Å². The monoisotopic (exact) mass is 499 g/mol. The molecule has 0 aliphatic carbocycles. The number of rotatable bonds is 8. The van der Waals surface area contributed by atoms with Crippen molar-refractivity contribution in [3.8, 4) is 5.75 Å². The quantitative estimate of drug-likeness (QED) is 0.286. The van der Waals surface area contributed by atoms with E-state index >= 15 is 0 Å². The van der Waals surface area contributed by atoms with Gasteiger partial charge in [0.15, 0.2) is 5.11 Å². The molecule has 3 aromatic carbocycles. The van der Waals surface area contributed by atoms with Crippen molar-refractivity contribution >= 4 is 56.2 Å². The maximum atomic E-state index is 12.5. The number of hydrogen-bond donors (Lipinski definition) is 3. The number of carbonyl (C=O) groups excluding carboxylic acids is 1. The third-order valence-electron chi connectivity index (χ3n) is 4.17. The molecule has 0 spiro atoms. The number of methoxy groups -OCH3 is 1. The zero-order valence-electron chi connectivity index (χ0n) is 16.9. The lowest BCUT2D eigenvalue weighted by atomic mass is 10.2. The summed E-state index contributed by atoms with van der Waals surface area (Å²) in [6.45, 7) is 0.909. The van der Waals surface area contributed by atoms with Crippen molar-refractivity contribution in [2.45, 2.75) is 0 Å². The fourth-order valence-corrected chi connectivity index (χ4v) is 3.36. The van der Waals surface area contributed by atoms with Gasteiger partial charge >= 0.3 is 0 Å². The van der Waals surface area contributed by atoms with Gasteiger partial charge in [-0.05, 0) is 82.7 Å². The van der Waals surface area contributed by atoms with E-state index in [2.05, 4.69) is 31.9 Å². The molecule has 8 heteroatoms. The molecule has 3 aromatic rings. The highest BCUT2D eigenvalue weighted by molar-refractivity contribution is 9.10. The number of benzene rings is 3. The number of ether oxygens (including phenoxy) is 2. The Kier molecular flexibility index (Phi) is 8.40. The first kappa shape index (κ1) is 22.7. The number of halogens is 1. The van der Waals surface area contributed by atoms with Gasteiger partial charge in [0.2, 0.25) is 0 Å². The molecule has 0 atom stereocenters. The van der Waals surface area contributed by atoms with Crippen LogP contribution in [0.2, 0.25) is 0 Å². The van der Waals surface area contributed by atoms with Crippen molar-refractivity contribution in [1.29, 1.82) is 0 Å². The van der Waals surface area contributed by atoms with E-state index in [-0.39, 0.29) is 11.0 Å². The molecular formula is C23H22BrN3O3S. The van der Waals surface area contributed by atoms with Crippen molar-refractivity contribution in [2.24, 2.45) is 0 Å². The van der Waals surface area contributed by atoms with Crippen LogP contribution in [0, 0.1) is 0 Å². The predicted molar refractivity (Wildman–Crippen MR) is 131 cm³/mol. The highest BCUT2D eigenvalue weighted by atomic mass is 79.9. The SMILES string of the molecule is COCCOc1ccc(C(=O)NC(=S)Nc2ccc(Nc3ccccc3)cc2)cc1Br. The Morgan fingerprint density at radius 2 is 1.61 bits per heavy atom. The Hall–Kier alpha value is -2.94. The largest absolute Gasteiger partial charge is 0.490 e. The van der Waals surface area contributed by atoms with Gasteiger partial charge in [0.25, 0.3) is 5.91 Å². The van der Waals surface area contributed by atoms with Crippen molar-refractivity contribution in [1.82, 2.24) is 5.32 Å². The molecule has 0 radical (unpaired) electrons. The molecule has 31 heavy (non-hydrogen) atoms. The van der Waals surface area contributed by atoms with Gasteiger partial charge in [-0.3, -0.25) is 10.1 Å². The van der Waals surface area contributed by atoms with Crippen LogP contribution in [0.1, 0.15) is 10.4 Å². The second-order valence-corrected chi connectivity index (χ2v) is 7.73. The molecule has 0 heterocycles. The normalized spacial score (nSPS) is 10.3. The Morgan fingerprint density at radius 1 is 0.935 bits per heavy atom. The summed E-state index contributed by atoms with van der Waals surface area (Å²) in [6.07, 6.45) is 0. The van der Waals surface area contributed by atoms with E-state index < -0.39 is 0 Å². The molecule has 6 nitrogen and oxygen atoms in total. The minimum atomic E-state index is -0.316. The Balaban J connectivity index is 1.53. The Labute approximate surface area is 195 Å². The first-order valence-corrected chi connectivity index (χ1v) is 10.7. The average Bonchev–Trinajstić information content (AvgIpc) is 2.77. The number of hydrogen-bond acceptors (Lipinski definition) is 5. The van der Waals surface area contributed by atoms with E-state index in [1.807, 2.05) is 54.6 Å². The third kappa shape index (κ3) is 7.06. The van der Waals surface area contributed by atoms with E-state index in [9.17, 15) is 4.79 Å². The molecular weight excluding hydrogens is 478 g/mol. The summed E-state index contributed by atoms with van der Waals surface area (Å²) in [5, 5.41) is 9.22. The molecule has 0 fully saturated rings. The van der Waals surface area contributed by atoms with E-state index in [4.69, 9.17) is 21.7 Å². The fourth-order valence-electron chi connectivity index (χ4n) is 2.66. The molecule has 3 N–H and O–H groups in total. The summed E-state index contributed by atoms with van der Waals surface area (Å²) in [7, 11) is 1.61. The van der Waals surface area contributed by atoms with E-state index in [0.29, 0.717) is 29.0 Å². The third-order valence-corrected chi connectivity index (χ3v) is 5.00. The van der Waals surface area contributed by atoms with Crippen LogP contribution in [0.3, 0.4) is 0 Å². The molecule has 0 bridgehead atoms. The first-order valence-electron chi connectivity index (χ1n) is 9.51. The fraction of sp³-hybridized carbons (Fsp3) is 0.130. The van der Waals surface area contributed by atoms with E-state index in [1.165, 1.54) is 0 Å². The minimum Gasteiger partial charge on any atom is -0.490 e. The van der Waals surface area contributed by atoms with Crippen LogP contribution in [0.5, 0.6) is 5.75 Å². The molecule has 160 valence electrons. The molecule has 0 aliphatic heterocycles. The number of para-hydroxylation sites is 1. The van der Waals surface area contributed by atoms with Gasteiger partial charge in [-0.25, -0.2) is 0 Å². The van der Waals surface area contributed by atoms with Crippen LogP contribution in [-0.2, 0) is 4.74 Å². The van der Waals surface area contributed by atoms with Gasteiger partial charge in [0.05, 0.1) is 11.1 Å². The summed E-state index contributed by atoms with van der Waals surface area (Å²) in [4.78, 5) is 12.5. The molecule has 0 aliphatic rings. The van der Waals surface area contributed by atoms with Crippen LogP contribution < -0.4 is 20.7 Å². The molecule has 0 saturated heterocycles. The predicted octanol–water partition coefficient (Wildman–Crippen LogP) is 5.34. The van der Waals surface area contributed by atoms with Gasteiger partial charge in [-0.1, -0.05) is 18.2 Å². The van der Waals surface area contributed by atoms with Crippen LogP contribution >= 0.6 is 28.1 Å². The first-order chi connectivity index (χ1) is 15.0. The highest BCUT2D eigenvalue weighted by Crippen LogP contribution is 2.26. The number of carbonyl (C=O) groups is 1. The van der Waals surface area contributed by atoms with Crippen LogP contribution in [0.4, 0.5) is 17.1 Å². The van der Waals surface area contributed by atoms with Gasteiger partial charge in [0.1, 0.15) is 12.4 Å². The van der Waals surface area contributed by atoms with Crippen molar-refractivity contribution in [2.75, 3.05) is 31.0 Å². The van der Waals surface area contributed by atoms with E-state index in [1.54, 1.807) is 25.3 Å². The highest BCUT2D eigenvalue weighted by Gasteiger charge is 2.11. The smallest absolute Gasteiger partial charge is 0.257 e. The number of anilines is 3. The molecule has 3 rings (SSSR count). The molecule has 1 amide bonds. The summed E-state index contributed by atoms with van der Waals surface area (Å²) in [6, 6.07) is 22.6. The summed E-state index contributed by atoms with van der Waals surface area (Å²) >= 11 is 8.69. The molecule has 0 aromatic heterocycles. The summed E-state index contributed by atoms with van der Waals surface area (Å²) < 4.78 is 11.2.